The molecular formula is C21H26N6O3. The van der Waals surface area contributed by atoms with E-state index in [1.165, 1.54) is 4.57 Å². The third kappa shape index (κ3) is 3.87. The van der Waals surface area contributed by atoms with Crippen molar-refractivity contribution in [2.75, 3.05) is 49.1 Å². The molecular weight excluding hydrogens is 384 g/mol. The van der Waals surface area contributed by atoms with E-state index in [2.05, 4.69) is 33.8 Å². The van der Waals surface area contributed by atoms with Gasteiger partial charge >= 0.3 is 5.76 Å². The minimum absolute atomic E-state index is 0.0196. The molecule has 3 aromatic rings. The van der Waals surface area contributed by atoms with E-state index in [4.69, 9.17) is 4.42 Å². The number of aromatic nitrogens is 3. The summed E-state index contributed by atoms with van der Waals surface area (Å²) in [7, 11) is 0. The van der Waals surface area contributed by atoms with Crippen LogP contribution in [0.3, 0.4) is 0 Å². The molecule has 9 heteroatoms. The first-order chi connectivity index (χ1) is 14.6. The van der Waals surface area contributed by atoms with Gasteiger partial charge < -0.3 is 19.1 Å². The van der Waals surface area contributed by atoms with Crippen LogP contribution >= 0.6 is 0 Å². The number of benzene rings is 1. The Hall–Kier alpha value is -3.36. The van der Waals surface area contributed by atoms with Crippen molar-refractivity contribution in [3.8, 4) is 0 Å². The lowest BCUT2D eigenvalue weighted by Crippen LogP contribution is -2.50. The zero-order valence-corrected chi connectivity index (χ0v) is 17.3. The molecule has 0 atom stereocenters. The molecule has 0 unspecified atom stereocenters. The average Bonchev–Trinajstić information content (AvgIpc) is 3.10. The van der Waals surface area contributed by atoms with E-state index in [0.29, 0.717) is 37.3 Å². The normalized spacial score (nSPS) is 14.3. The van der Waals surface area contributed by atoms with Gasteiger partial charge in [-0.25, -0.2) is 4.79 Å². The SMILES string of the molecule is CCN(CC)c1ccc(N2CCN(C(=O)Cn3c(=O)oc4ccccc43)CC2)nn1. The van der Waals surface area contributed by atoms with Crippen molar-refractivity contribution < 1.29 is 9.21 Å². The highest BCUT2D eigenvalue weighted by molar-refractivity contribution is 5.79. The topological polar surface area (TPSA) is 87.7 Å². The Morgan fingerprint density at radius 3 is 2.43 bits per heavy atom. The Labute approximate surface area is 174 Å². The van der Waals surface area contributed by atoms with E-state index in [-0.39, 0.29) is 12.5 Å². The van der Waals surface area contributed by atoms with Crippen molar-refractivity contribution >= 4 is 28.6 Å². The molecule has 0 aliphatic carbocycles. The lowest BCUT2D eigenvalue weighted by atomic mass is 10.3. The number of carbonyl (C=O) groups excluding carboxylic acids is 1. The van der Waals surface area contributed by atoms with Crippen molar-refractivity contribution in [1.82, 2.24) is 19.7 Å². The van der Waals surface area contributed by atoms with Crippen LogP contribution in [0.15, 0.2) is 45.6 Å². The third-order valence-corrected chi connectivity index (χ3v) is 5.55. The lowest BCUT2D eigenvalue weighted by Gasteiger charge is -2.35. The minimum atomic E-state index is -0.508. The third-order valence-electron chi connectivity index (χ3n) is 5.55. The molecule has 2 aromatic heterocycles. The van der Waals surface area contributed by atoms with Crippen molar-refractivity contribution in [1.29, 1.82) is 0 Å². The number of piperazine rings is 1. The van der Waals surface area contributed by atoms with Gasteiger partial charge in [0, 0.05) is 39.3 Å². The van der Waals surface area contributed by atoms with Crippen LogP contribution in [0, 0.1) is 0 Å². The summed E-state index contributed by atoms with van der Waals surface area (Å²) in [5.41, 5.74) is 1.13. The molecule has 0 radical (unpaired) electrons. The lowest BCUT2D eigenvalue weighted by molar-refractivity contribution is -0.132. The molecule has 4 rings (SSSR count). The molecule has 0 spiro atoms. The van der Waals surface area contributed by atoms with Gasteiger partial charge in [0.15, 0.2) is 17.2 Å². The van der Waals surface area contributed by atoms with E-state index < -0.39 is 5.76 Å². The Kier molecular flexibility index (Phi) is 5.69. The van der Waals surface area contributed by atoms with E-state index in [0.717, 1.165) is 24.7 Å². The van der Waals surface area contributed by atoms with Crippen LogP contribution in [0.2, 0.25) is 0 Å². The Morgan fingerprint density at radius 2 is 1.77 bits per heavy atom. The largest absolute Gasteiger partial charge is 0.420 e. The van der Waals surface area contributed by atoms with Gasteiger partial charge in [-0.15, -0.1) is 10.2 Å². The Bertz CT molecular complexity index is 1060. The summed E-state index contributed by atoms with van der Waals surface area (Å²) in [6, 6.07) is 11.1. The molecule has 1 aromatic carbocycles. The first-order valence-corrected chi connectivity index (χ1v) is 10.3. The van der Waals surface area contributed by atoms with E-state index in [9.17, 15) is 9.59 Å². The smallest absolute Gasteiger partial charge is 0.408 e. The van der Waals surface area contributed by atoms with Crippen molar-refractivity contribution in [2.24, 2.45) is 0 Å². The number of hydrogen-bond donors (Lipinski definition) is 0. The van der Waals surface area contributed by atoms with Crippen LogP contribution in [0.25, 0.3) is 11.1 Å². The van der Waals surface area contributed by atoms with Gasteiger partial charge in [-0.2, -0.15) is 0 Å². The van der Waals surface area contributed by atoms with Crippen molar-refractivity contribution in [3.63, 3.8) is 0 Å². The summed E-state index contributed by atoms with van der Waals surface area (Å²) >= 11 is 0. The van der Waals surface area contributed by atoms with Gasteiger partial charge in [-0.3, -0.25) is 9.36 Å². The number of hydrogen-bond acceptors (Lipinski definition) is 7. The first-order valence-electron chi connectivity index (χ1n) is 10.3. The minimum Gasteiger partial charge on any atom is -0.408 e. The maximum absolute atomic E-state index is 12.8. The highest BCUT2D eigenvalue weighted by atomic mass is 16.4. The number of carbonyl (C=O) groups is 1. The summed E-state index contributed by atoms with van der Waals surface area (Å²) in [6.45, 7) is 8.43. The fourth-order valence-electron chi connectivity index (χ4n) is 3.79. The zero-order valence-electron chi connectivity index (χ0n) is 17.3. The average molecular weight is 410 g/mol. The van der Waals surface area contributed by atoms with Gasteiger partial charge in [0.1, 0.15) is 6.54 Å². The second kappa shape index (κ2) is 8.56. The molecule has 1 amide bonds. The predicted molar refractivity (Wildman–Crippen MR) is 115 cm³/mol. The van der Waals surface area contributed by atoms with Gasteiger partial charge in [-0.05, 0) is 38.1 Å². The number of fused-ring (bicyclic) bond motifs is 1. The van der Waals surface area contributed by atoms with E-state index in [1.54, 1.807) is 23.1 Å². The van der Waals surface area contributed by atoms with Crippen molar-refractivity contribution in [2.45, 2.75) is 20.4 Å². The van der Waals surface area contributed by atoms with Crippen LogP contribution in [0.1, 0.15) is 13.8 Å². The van der Waals surface area contributed by atoms with Gasteiger partial charge in [0.2, 0.25) is 5.91 Å². The molecule has 158 valence electrons. The monoisotopic (exact) mass is 410 g/mol. The predicted octanol–water partition coefficient (Wildman–Crippen LogP) is 1.58. The number of oxazole rings is 1. The maximum atomic E-state index is 12.8. The Balaban J connectivity index is 1.38. The quantitative estimate of drug-likeness (QED) is 0.610. The van der Waals surface area contributed by atoms with Crippen LogP contribution in [0.5, 0.6) is 0 Å². The first kappa shape index (κ1) is 19.9. The second-order valence-electron chi connectivity index (χ2n) is 7.21. The maximum Gasteiger partial charge on any atom is 0.420 e. The van der Waals surface area contributed by atoms with Gasteiger partial charge in [0.05, 0.1) is 5.52 Å². The van der Waals surface area contributed by atoms with Crippen LogP contribution in [-0.4, -0.2) is 64.8 Å². The molecule has 9 nitrogen and oxygen atoms in total. The molecule has 1 saturated heterocycles. The molecule has 3 heterocycles. The molecule has 1 aliphatic rings. The standard InChI is InChI=1S/C21H26N6O3/c1-3-24(4-2)18-9-10-19(23-22-18)25-11-13-26(14-12-25)20(28)15-27-16-7-5-6-8-17(16)30-21(27)29/h5-10H,3-4,11-15H2,1-2H3. The highest BCUT2D eigenvalue weighted by Crippen LogP contribution is 2.17. The summed E-state index contributed by atoms with van der Waals surface area (Å²) in [5, 5.41) is 8.71. The van der Waals surface area contributed by atoms with E-state index >= 15 is 0 Å². The van der Waals surface area contributed by atoms with Crippen molar-refractivity contribution in [3.05, 3.63) is 46.9 Å². The molecule has 0 N–H and O–H groups in total. The number of anilines is 2. The van der Waals surface area contributed by atoms with Gasteiger partial charge in [-0.1, -0.05) is 12.1 Å². The van der Waals surface area contributed by atoms with Crippen LogP contribution in [0.4, 0.5) is 11.6 Å². The number of nitrogens with zero attached hydrogens (tertiary/aromatic N) is 6. The number of rotatable bonds is 6. The molecule has 0 bridgehead atoms. The van der Waals surface area contributed by atoms with Crippen LogP contribution < -0.4 is 15.6 Å². The van der Waals surface area contributed by atoms with Gasteiger partial charge in [0.25, 0.3) is 0 Å². The fraction of sp³-hybridized carbons (Fsp3) is 0.429. The fourth-order valence-corrected chi connectivity index (χ4v) is 3.79. The van der Waals surface area contributed by atoms with E-state index in [1.807, 2.05) is 18.2 Å². The Morgan fingerprint density at radius 1 is 1.03 bits per heavy atom. The molecule has 0 saturated carbocycles. The highest BCUT2D eigenvalue weighted by Gasteiger charge is 2.23. The molecule has 1 aliphatic heterocycles. The summed E-state index contributed by atoms with van der Waals surface area (Å²) in [5.74, 6) is 1.09. The molecule has 30 heavy (non-hydrogen) atoms. The summed E-state index contributed by atoms with van der Waals surface area (Å²) < 4.78 is 6.60. The summed E-state index contributed by atoms with van der Waals surface area (Å²) in [6.07, 6.45) is 0. The number of amides is 1. The second-order valence-corrected chi connectivity index (χ2v) is 7.21. The van der Waals surface area contributed by atoms with Crippen LogP contribution in [-0.2, 0) is 11.3 Å². The zero-order chi connectivity index (χ0) is 21.1. The summed E-state index contributed by atoms with van der Waals surface area (Å²) in [4.78, 5) is 30.9. The molecule has 1 fully saturated rings. The number of para-hydroxylation sites is 2.